The van der Waals surface area contributed by atoms with E-state index in [9.17, 15) is 32.4 Å². The van der Waals surface area contributed by atoms with E-state index in [1.165, 1.54) is 19.2 Å². The smallest absolute Gasteiger partial charge is 0.573 e. The predicted octanol–water partition coefficient (Wildman–Crippen LogP) is 6.55. The molecule has 230 valence electrons. The van der Waals surface area contributed by atoms with Gasteiger partial charge in [-0.2, -0.15) is 4.73 Å². The summed E-state index contributed by atoms with van der Waals surface area (Å²) in [4.78, 5) is 32.6. The van der Waals surface area contributed by atoms with Crippen molar-refractivity contribution in [3.8, 4) is 28.1 Å². The number of fused-ring (bicyclic) bond motifs is 4. The van der Waals surface area contributed by atoms with Gasteiger partial charge >= 0.3 is 12.5 Å². The third kappa shape index (κ3) is 6.74. The average Bonchev–Trinajstić information content (AvgIpc) is 3.34. The first-order valence-electron chi connectivity index (χ1n) is 13.6. The Morgan fingerprint density at radius 3 is 2.64 bits per heavy atom. The molecule has 0 saturated heterocycles. The van der Waals surface area contributed by atoms with E-state index in [2.05, 4.69) is 25.1 Å². The molecule has 3 heterocycles. The maximum Gasteiger partial charge on any atom is 0.573 e. The van der Waals surface area contributed by atoms with E-state index in [4.69, 9.17) is 4.98 Å². The molecule has 2 bridgehead atoms. The van der Waals surface area contributed by atoms with Crippen molar-refractivity contribution in [3.63, 3.8) is 0 Å². The number of hydrogen-bond donors (Lipinski definition) is 3. The number of alkyl halides is 3. The van der Waals surface area contributed by atoms with Crippen molar-refractivity contribution >= 4 is 23.4 Å². The van der Waals surface area contributed by atoms with Gasteiger partial charge in [-0.05, 0) is 62.2 Å². The number of aryl methyl sites for hydroxylation is 1. The van der Waals surface area contributed by atoms with Crippen molar-refractivity contribution in [3.05, 3.63) is 83.0 Å². The van der Waals surface area contributed by atoms with E-state index in [0.717, 1.165) is 24.4 Å². The van der Waals surface area contributed by atoms with Gasteiger partial charge in [-0.15, -0.1) is 13.2 Å². The first-order valence-corrected chi connectivity index (χ1v) is 13.6. The Kier molecular flexibility index (Phi) is 8.43. The van der Waals surface area contributed by atoms with Crippen LogP contribution >= 0.6 is 0 Å². The van der Waals surface area contributed by atoms with Crippen LogP contribution in [0.25, 0.3) is 22.4 Å². The molecule has 1 aliphatic rings. The second-order valence-electron chi connectivity index (χ2n) is 10.2. The van der Waals surface area contributed by atoms with Gasteiger partial charge in [0, 0.05) is 35.0 Å². The topological polar surface area (TPSA) is 132 Å². The van der Waals surface area contributed by atoms with Crippen LogP contribution in [0.3, 0.4) is 0 Å². The number of ether oxygens (including phenoxy) is 2. The van der Waals surface area contributed by atoms with Gasteiger partial charge < -0.3 is 25.0 Å². The Morgan fingerprint density at radius 1 is 1.11 bits per heavy atom. The molecule has 0 fully saturated rings. The molecule has 10 nitrogen and oxygen atoms in total. The minimum absolute atomic E-state index is 0.0222. The van der Waals surface area contributed by atoms with Crippen LogP contribution in [0.15, 0.2) is 54.7 Å². The van der Waals surface area contributed by atoms with Crippen molar-refractivity contribution < 1.29 is 41.4 Å². The van der Waals surface area contributed by atoms with Crippen LogP contribution in [0.4, 0.5) is 33.7 Å². The van der Waals surface area contributed by atoms with Crippen LogP contribution in [0.2, 0.25) is 0 Å². The van der Waals surface area contributed by atoms with Gasteiger partial charge in [0.05, 0.1) is 24.1 Å². The highest BCUT2D eigenvalue weighted by Gasteiger charge is 2.33. The number of aromatic nitrogens is 3. The van der Waals surface area contributed by atoms with E-state index < -0.39 is 29.9 Å². The van der Waals surface area contributed by atoms with Crippen molar-refractivity contribution in [2.24, 2.45) is 0 Å². The molecule has 0 spiro atoms. The first-order chi connectivity index (χ1) is 20.9. The SMILES string of the molecule is COC(=O)Nc1ccc2c(c1)NC(=O)CCCC[C@H](c1ccc(-c3cc(F)ccc3OC(F)(F)F)c[n+]1[O-])c1nc-2c(C)[nH]1. The van der Waals surface area contributed by atoms with Crippen LogP contribution in [0.5, 0.6) is 5.75 Å². The maximum atomic E-state index is 14.0. The summed E-state index contributed by atoms with van der Waals surface area (Å²) in [7, 11) is 1.23. The fourth-order valence-corrected chi connectivity index (χ4v) is 5.15. The number of anilines is 2. The van der Waals surface area contributed by atoms with Crippen molar-refractivity contribution in [2.75, 3.05) is 17.7 Å². The average molecular weight is 614 g/mol. The fourth-order valence-electron chi connectivity index (χ4n) is 5.15. The summed E-state index contributed by atoms with van der Waals surface area (Å²) in [5, 5.41) is 18.8. The second-order valence-corrected chi connectivity index (χ2v) is 10.2. The number of imidazole rings is 1. The highest BCUT2D eigenvalue weighted by Crippen LogP contribution is 2.37. The molecule has 2 aromatic carbocycles. The van der Waals surface area contributed by atoms with Crippen LogP contribution in [0.1, 0.15) is 48.8 Å². The van der Waals surface area contributed by atoms with E-state index in [1.807, 2.05) is 0 Å². The van der Waals surface area contributed by atoms with Crippen LogP contribution in [-0.4, -0.2) is 35.4 Å². The Hall–Kier alpha value is -5.14. The lowest BCUT2D eigenvalue weighted by Gasteiger charge is -2.17. The van der Waals surface area contributed by atoms with E-state index in [0.29, 0.717) is 58.1 Å². The summed E-state index contributed by atoms with van der Waals surface area (Å²) >= 11 is 0. The number of nitrogens with zero attached hydrogens (tertiary/aromatic N) is 2. The monoisotopic (exact) mass is 613 g/mol. The molecule has 0 radical (unpaired) electrons. The summed E-state index contributed by atoms with van der Waals surface area (Å²) in [5.74, 6) is -1.80. The van der Waals surface area contributed by atoms with Crippen molar-refractivity contribution in [1.29, 1.82) is 0 Å². The number of methoxy groups -OCH3 is 1. The molecule has 2 amide bonds. The molecule has 0 unspecified atom stereocenters. The van der Waals surface area contributed by atoms with Gasteiger partial charge in [0.1, 0.15) is 23.3 Å². The number of aromatic amines is 1. The molecule has 0 aliphatic carbocycles. The Bertz CT molecular complexity index is 1720. The zero-order chi connectivity index (χ0) is 31.6. The maximum absolute atomic E-state index is 14.0. The Balaban J connectivity index is 1.55. The predicted molar refractivity (Wildman–Crippen MR) is 151 cm³/mol. The molecule has 1 aliphatic heterocycles. The normalized spacial score (nSPS) is 15.3. The number of H-pyrrole nitrogens is 1. The van der Waals surface area contributed by atoms with E-state index in [-0.39, 0.29) is 29.1 Å². The molecule has 3 N–H and O–H groups in total. The van der Waals surface area contributed by atoms with Gasteiger partial charge in [-0.1, -0.05) is 6.42 Å². The summed E-state index contributed by atoms with van der Waals surface area (Å²) in [5.41, 5.74) is 2.57. The molecule has 14 heteroatoms. The van der Waals surface area contributed by atoms with Gasteiger partial charge in [0.2, 0.25) is 11.6 Å². The number of halogens is 4. The Labute approximate surface area is 248 Å². The first kappa shape index (κ1) is 30.3. The van der Waals surface area contributed by atoms with Gasteiger partial charge in [0.25, 0.3) is 0 Å². The fraction of sp³-hybridized carbons (Fsp3) is 0.267. The number of benzene rings is 2. The zero-order valence-electron chi connectivity index (χ0n) is 23.5. The number of hydrogen-bond acceptors (Lipinski definition) is 6. The highest BCUT2D eigenvalue weighted by atomic mass is 19.4. The largest absolute Gasteiger partial charge is 0.618 e. The summed E-state index contributed by atoms with van der Waals surface area (Å²) in [6, 6.07) is 10.3. The number of carbonyl (C=O) groups excluding carboxylic acids is 2. The van der Waals surface area contributed by atoms with Crippen LogP contribution in [-0.2, 0) is 9.53 Å². The number of amides is 2. The van der Waals surface area contributed by atoms with E-state index >= 15 is 0 Å². The van der Waals surface area contributed by atoms with Gasteiger partial charge in [0.15, 0.2) is 6.20 Å². The number of pyridine rings is 1. The molecule has 2 aromatic heterocycles. The lowest BCUT2D eigenvalue weighted by atomic mass is 9.95. The summed E-state index contributed by atoms with van der Waals surface area (Å²) in [6.07, 6.45) is -2.98. The zero-order valence-corrected chi connectivity index (χ0v) is 23.5. The highest BCUT2D eigenvalue weighted by molar-refractivity contribution is 5.97. The lowest BCUT2D eigenvalue weighted by Crippen LogP contribution is -2.34. The quantitative estimate of drug-likeness (QED) is 0.136. The number of carbonyl (C=O) groups is 2. The third-order valence-corrected chi connectivity index (χ3v) is 7.14. The summed E-state index contributed by atoms with van der Waals surface area (Å²) < 4.78 is 62.2. The number of nitrogens with one attached hydrogen (secondary N) is 3. The van der Waals surface area contributed by atoms with Crippen molar-refractivity contribution in [2.45, 2.75) is 44.9 Å². The molecule has 44 heavy (non-hydrogen) atoms. The van der Waals surface area contributed by atoms with Gasteiger partial charge in [-0.25, -0.2) is 14.2 Å². The van der Waals surface area contributed by atoms with E-state index in [1.54, 1.807) is 25.1 Å². The standard InChI is InChI=1S/C30H27F4N5O5/c1-16-27-20-10-9-19(36-29(41)43-2)14-23(20)37-26(40)6-4-3-5-21(28(35-16)38-27)24-11-7-17(15-39(24)42)22-13-18(31)8-12-25(22)44-30(32,33)34/h7-15,21H,3-6H2,1-2H3,(H,35,38)(H,36,41)(H,37,40)/t21-/m1/s1. The molecule has 4 aromatic rings. The molecule has 5 rings (SSSR count). The number of rotatable bonds is 4. The third-order valence-electron chi connectivity index (χ3n) is 7.14. The van der Waals surface area contributed by atoms with Crippen LogP contribution in [0, 0.1) is 17.9 Å². The Morgan fingerprint density at radius 2 is 1.91 bits per heavy atom. The molecule has 1 atom stereocenters. The van der Waals surface area contributed by atoms with Gasteiger partial charge in [-0.3, -0.25) is 10.1 Å². The lowest BCUT2D eigenvalue weighted by molar-refractivity contribution is -0.614. The van der Waals surface area contributed by atoms with Crippen LogP contribution < -0.4 is 20.1 Å². The molecule has 0 saturated carbocycles. The summed E-state index contributed by atoms with van der Waals surface area (Å²) in [6.45, 7) is 1.79. The van der Waals surface area contributed by atoms with Crippen molar-refractivity contribution in [1.82, 2.24) is 9.97 Å². The molecular formula is C30H27F4N5O5. The minimum Gasteiger partial charge on any atom is -0.618 e. The second kappa shape index (κ2) is 12.2. The molecular weight excluding hydrogens is 586 g/mol. The minimum atomic E-state index is -5.02.